The number of para-hydroxylation sites is 2. The molecular formula is C17H15N3O. The number of aromatic nitrogens is 1. The van der Waals surface area contributed by atoms with Crippen molar-refractivity contribution in [3.63, 3.8) is 0 Å². The number of nitrogens with zero attached hydrogens (tertiary/aromatic N) is 2. The van der Waals surface area contributed by atoms with E-state index in [1.165, 1.54) is 0 Å². The third-order valence-electron chi connectivity index (χ3n) is 3.41. The predicted molar refractivity (Wildman–Crippen MR) is 83.0 cm³/mol. The summed E-state index contributed by atoms with van der Waals surface area (Å²) in [6, 6.07) is 17.3. The minimum atomic E-state index is 0.540. The molecule has 0 radical (unpaired) electrons. The molecule has 0 aliphatic heterocycles. The van der Waals surface area contributed by atoms with Crippen molar-refractivity contribution in [3.05, 3.63) is 60.3 Å². The molecule has 21 heavy (non-hydrogen) atoms. The number of ether oxygens (including phenoxy) is 1. The smallest absolute Gasteiger partial charge is 0.142 e. The summed E-state index contributed by atoms with van der Waals surface area (Å²) in [7, 11) is 0. The molecule has 2 aromatic carbocycles. The molecule has 4 nitrogen and oxygen atoms in total. The van der Waals surface area contributed by atoms with Crippen LogP contribution in [0.5, 0.6) is 5.75 Å². The van der Waals surface area contributed by atoms with Crippen molar-refractivity contribution in [2.24, 2.45) is 0 Å². The van der Waals surface area contributed by atoms with Gasteiger partial charge in [-0.3, -0.25) is 0 Å². The third-order valence-corrected chi connectivity index (χ3v) is 3.41. The highest BCUT2D eigenvalue weighted by atomic mass is 16.5. The molecule has 4 heteroatoms. The summed E-state index contributed by atoms with van der Waals surface area (Å²) >= 11 is 0. The van der Waals surface area contributed by atoms with Crippen LogP contribution in [0.3, 0.4) is 0 Å². The maximum atomic E-state index is 8.91. The molecule has 0 unspecified atom stereocenters. The zero-order valence-electron chi connectivity index (χ0n) is 11.5. The Labute approximate surface area is 123 Å². The minimum Gasteiger partial charge on any atom is -0.490 e. The van der Waals surface area contributed by atoms with E-state index in [0.717, 1.165) is 17.4 Å². The summed E-state index contributed by atoms with van der Waals surface area (Å²) in [5.74, 6) is 0.709. The second kappa shape index (κ2) is 5.59. The molecule has 0 atom stereocenters. The van der Waals surface area contributed by atoms with E-state index in [4.69, 9.17) is 15.7 Å². The topological polar surface area (TPSA) is 64.0 Å². The first-order chi connectivity index (χ1) is 10.3. The van der Waals surface area contributed by atoms with Gasteiger partial charge in [0.15, 0.2) is 0 Å². The van der Waals surface area contributed by atoms with Crippen molar-refractivity contribution in [1.82, 2.24) is 4.57 Å². The molecule has 0 amide bonds. The van der Waals surface area contributed by atoms with Gasteiger partial charge in [0.1, 0.15) is 12.4 Å². The van der Waals surface area contributed by atoms with Gasteiger partial charge in [0.05, 0.1) is 23.9 Å². The lowest BCUT2D eigenvalue weighted by Crippen LogP contribution is -2.08. The maximum Gasteiger partial charge on any atom is 0.142 e. The van der Waals surface area contributed by atoms with Crippen molar-refractivity contribution in [3.8, 4) is 11.8 Å². The predicted octanol–water partition coefficient (Wildman–Crippen LogP) is 3.17. The summed E-state index contributed by atoms with van der Waals surface area (Å²) < 4.78 is 7.81. The molecule has 1 aromatic heterocycles. The van der Waals surface area contributed by atoms with Crippen LogP contribution in [0.1, 0.15) is 5.56 Å². The van der Waals surface area contributed by atoms with Crippen LogP contribution >= 0.6 is 0 Å². The molecule has 104 valence electrons. The molecule has 0 bridgehead atoms. The van der Waals surface area contributed by atoms with Crippen molar-refractivity contribution in [1.29, 1.82) is 5.26 Å². The van der Waals surface area contributed by atoms with Gasteiger partial charge in [0.2, 0.25) is 0 Å². The van der Waals surface area contributed by atoms with E-state index >= 15 is 0 Å². The summed E-state index contributed by atoms with van der Waals surface area (Å²) in [6.45, 7) is 1.27. The van der Waals surface area contributed by atoms with Gasteiger partial charge >= 0.3 is 0 Å². The monoisotopic (exact) mass is 277 g/mol. The van der Waals surface area contributed by atoms with Gasteiger partial charge in [-0.2, -0.15) is 5.26 Å². The Bertz CT molecular complexity index is 814. The minimum absolute atomic E-state index is 0.540. The Kier molecular flexibility index (Phi) is 3.48. The highest BCUT2D eigenvalue weighted by Gasteiger charge is 2.03. The van der Waals surface area contributed by atoms with Crippen molar-refractivity contribution in [2.45, 2.75) is 6.54 Å². The summed E-state index contributed by atoms with van der Waals surface area (Å²) in [4.78, 5) is 0. The van der Waals surface area contributed by atoms with E-state index in [1.54, 1.807) is 0 Å². The number of hydrogen-bond acceptors (Lipinski definition) is 3. The average molecular weight is 277 g/mol. The molecule has 1 heterocycles. The van der Waals surface area contributed by atoms with E-state index in [0.29, 0.717) is 23.6 Å². The number of hydrogen-bond donors (Lipinski definition) is 1. The lowest BCUT2D eigenvalue weighted by atomic mass is 10.2. The first-order valence-electron chi connectivity index (χ1n) is 6.74. The molecule has 0 saturated carbocycles. The first kappa shape index (κ1) is 13.1. The number of nitriles is 1. The van der Waals surface area contributed by atoms with E-state index in [1.807, 2.05) is 54.7 Å². The van der Waals surface area contributed by atoms with Crippen LogP contribution in [0.15, 0.2) is 54.7 Å². The fourth-order valence-electron chi connectivity index (χ4n) is 2.33. The average Bonchev–Trinajstić information content (AvgIpc) is 2.91. The standard InChI is InChI=1S/C17H15N3O/c18-12-13-5-6-16-14(11-13)7-8-20(16)9-10-21-17-4-2-1-3-15(17)19/h1-8,11H,9-10,19H2. The highest BCUT2D eigenvalue weighted by molar-refractivity contribution is 5.81. The molecule has 0 aliphatic rings. The molecule has 0 spiro atoms. The molecule has 2 N–H and O–H groups in total. The Morgan fingerprint density at radius 2 is 2.00 bits per heavy atom. The van der Waals surface area contributed by atoms with E-state index < -0.39 is 0 Å². The molecule has 0 fully saturated rings. The molecule has 3 rings (SSSR count). The van der Waals surface area contributed by atoms with Crippen LogP contribution in [0, 0.1) is 11.3 Å². The maximum absolute atomic E-state index is 8.91. The normalized spacial score (nSPS) is 10.4. The Hall–Kier alpha value is -2.93. The fraction of sp³-hybridized carbons (Fsp3) is 0.118. The summed E-state index contributed by atoms with van der Waals surface area (Å²) in [5, 5.41) is 9.97. The number of anilines is 1. The summed E-state index contributed by atoms with van der Waals surface area (Å²) in [6.07, 6.45) is 2.00. The van der Waals surface area contributed by atoms with Gasteiger partial charge in [0, 0.05) is 17.1 Å². The number of nitrogen functional groups attached to an aromatic ring is 1. The molecule has 0 saturated heterocycles. The number of fused-ring (bicyclic) bond motifs is 1. The molecule has 3 aromatic rings. The zero-order valence-corrected chi connectivity index (χ0v) is 11.5. The second-order valence-electron chi connectivity index (χ2n) is 4.78. The Morgan fingerprint density at radius 1 is 1.14 bits per heavy atom. The summed E-state index contributed by atoms with van der Waals surface area (Å²) in [5.41, 5.74) is 8.26. The van der Waals surface area contributed by atoms with Gasteiger partial charge in [-0.1, -0.05) is 12.1 Å². The largest absolute Gasteiger partial charge is 0.490 e. The SMILES string of the molecule is N#Cc1ccc2c(ccn2CCOc2ccccc2N)c1. The molecular weight excluding hydrogens is 262 g/mol. The first-order valence-corrected chi connectivity index (χ1v) is 6.74. The number of rotatable bonds is 4. The van der Waals surface area contributed by atoms with Crippen molar-refractivity contribution >= 4 is 16.6 Å². The Balaban J connectivity index is 1.71. The zero-order chi connectivity index (χ0) is 14.7. The fourth-order valence-corrected chi connectivity index (χ4v) is 2.33. The van der Waals surface area contributed by atoms with E-state index in [-0.39, 0.29) is 0 Å². The second-order valence-corrected chi connectivity index (χ2v) is 4.78. The quantitative estimate of drug-likeness (QED) is 0.745. The Morgan fingerprint density at radius 3 is 2.81 bits per heavy atom. The van der Waals surface area contributed by atoms with Gasteiger partial charge < -0.3 is 15.0 Å². The van der Waals surface area contributed by atoms with Crippen LogP contribution in [-0.4, -0.2) is 11.2 Å². The van der Waals surface area contributed by atoms with Crippen LogP contribution in [0.4, 0.5) is 5.69 Å². The van der Waals surface area contributed by atoms with Gasteiger partial charge in [-0.15, -0.1) is 0 Å². The number of nitrogens with two attached hydrogens (primary N) is 1. The third kappa shape index (κ3) is 2.67. The van der Waals surface area contributed by atoms with E-state index in [9.17, 15) is 0 Å². The van der Waals surface area contributed by atoms with E-state index in [2.05, 4.69) is 10.6 Å². The lowest BCUT2D eigenvalue weighted by molar-refractivity contribution is 0.302. The van der Waals surface area contributed by atoms with Crippen molar-refractivity contribution < 1.29 is 4.74 Å². The number of benzene rings is 2. The van der Waals surface area contributed by atoms with Crippen LogP contribution in [-0.2, 0) is 6.54 Å². The van der Waals surface area contributed by atoms with Crippen LogP contribution in [0.2, 0.25) is 0 Å². The van der Waals surface area contributed by atoms with Crippen LogP contribution < -0.4 is 10.5 Å². The van der Waals surface area contributed by atoms with Crippen LogP contribution in [0.25, 0.3) is 10.9 Å². The van der Waals surface area contributed by atoms with Gasteiger partial charge in [0.25, 0.3) is 0 Å². The van der Waals surface area contributed by atoms with Crippen molar-refractivity contribution in [2.75, 3.05) is 12.3 Å². The highest BCUT2D eigenvalue weighted by Crippen LogP contribution is 2.20. The lowest BCUT2D eigenvalue weighted by Gasteiger charge is -2.10. The molecule has 0 aliphatic carbocycles. The van der Waals surface area contributed by atoms with Gasteiger partial charge in [-0.25, -0.2) is 0 Å². The van der Waals surface area contributed by atoms with Gasteiger partial charge in [-0.05, 0) is 36.4 Å².